The highest BCUT2D eigenvalue weighted by Gasteiger charge is 2.03. The van der Waals surface area contributed by atoms with Gasteiger partial charge in [-0.3, -0.25) is 4.79 Å². The molecule has 0 atom stereocenters. The molecule has 0 bridgehead atoms. The van der Waals surface area contributed by atoms with Gasteiger partial charge in [0, 0.05) is 18.4 Å². The molecule has 0 saturated carbocycles. The fourth-order valence-corrected chi connectivity index (χ4v) is 2.68. The number of hydrogen-bond acceptors (Lipinski definition) is 3. The monoisotopic (exact) mass is 300 g/mol. The maximum absolute atomic E-state index is 10.8. The van der Waals surface area contributed by atoms with Gasteiger partial charge in [0.1, 0.15) is 0 Å². The maximum atomic E-state index is 10.8. The molecule has 0 unspecified atom stereocenters. The third-order valence-corrected chi connectivity index (χ3v) is 3.87. The molecule has 1 aromatic heterocycles. The molecule has 110 valence electrons. The average molecular weight is 300 g/mol. The second-order valence-electron chi connectivity index (χ2n) is 4.96. The number of hydrogen-bond donors (Lipinski definition) is 0. The van der Waals surface area contributed by atoms with Crippen LogP contribution < -0.4 is 0 Å². The maximum Gasteiger partial charge on any atom is 0.185 e. The highest BCUT2D eigenvalue weighted by Crippen LogP contribution is 2.15. The summed E-state index contributed by atoms with van der Waals surface area (Å²) >= 11 is 1.37. The van der Waals surface area contributed by atoms with E-state index < -0.39 is 0 Å². The first-order valence-corrected chi connectivity index (χ1v) is 7.98. The predicted octanol–water partition coefficient (Wildman–Crippen LogP) is 4.17. The van der Waals surface area contributed by atoms with E-state index >= 15 is 0 Å². The van der Waals surface area contributed by atoms with Crippen molar-refractivity contribution in [2.75, 3.05) is 5.75 Å². The van der Waals surface area contributed by atoms with E-state index in [0.717, 1.165) is 34.8 Å². The van der Waals surface area contributed by atoms with E-state index in [1.54, 1.807) is 6.92 Å². The normalized spacial score (nSPS) is 11.2. The number of rotatable bonds is 5. The average Bonchev–Trinajstić information content (AvgIpc) is 2.77. The smallest absolute Gasteiger partial charge is 0.185 e. The fourth-order valence-electron chi connectivity index (χ4n) is 2.14. The van der Waals surface area contributed by atoms with Crippen LogP contribution in [0.2, 0.25) is 0 Å². The highest BCUT2D eigenvalue weighted by molar-refractivity contribution is 8.13. The van der Waals surface area contributed by atoms with E-state index in [1.165, 1.54) is 11.8 Å². The van der Waals surface area contributed by atoms with Gasteiger partial charge in [0.25, 0.3) is 0 Å². The number of thioether (sulfide) groups is 1. The quantitative estimate of drug-likeness (QED) is 0.777. The van der Waals surface area contributed by atoms with Crippen LogP contribution in [0, 0.1) is 13.8 Å². The summed E-state index contributed by atoms with van der Waals surface area (Å²) in [5, 5.41) is 4.68. The number of nitrogens with zero attached hydrogens (tertiary/aromatic N) is 2. The van der Waals surface area contributed by atoms with Gasteiger partial charge in [-0.25, -0.2) is 4.68 Å². The number of allylic oxidation sites excluding steroid dienone is 1. The van der Waals surface area contributed by atoms with Crippen molar-refractivity contribution in [2.24, 2.45) is 0 Å². The molecule has 2 aromatic rings. The number of aryl methyl sites for hydroxylation is 2. The molecule has 2 rings (SSSR count). The summed E-state index contributed by atoms with van der Waals surface area (Å²) in [6.07, 6.45) is 5.10. The zero-order chi connectivity index (χ0) is 15.2. The first kappa shape index (κ1) is 15.6. The Morgan fingerprint density at radius 1 is 1.33 bits per heavy atom. The van der Waals surface area contributed by atoms with Crippen molar-refractivity contribution in [3.63, 3.8) is 0 Å². The highest BCUT2D eigenvalue weighted by atomic mass is 32.2. The Balaban J connectivity index is 2.06. The summed E-state index contributed by atoms with van der Waals surface area (Å²) in [5.41, 5.74) is 4.37. The van der Waals surface area contributed by atoms with Crippen molar-refractivity contribution in [1.82, 2.24) is 9.78 Å². The van der Waals surface area contributed by atoms with E-state index in [1.807, 2.05) is 17.7 Å². The molecule has 0 aliphatic rings. The van der Waals surface area contributed by atoms with Crippen LogP contribution in [0.4, 0.5) is 0 Å². The molecule has 0 amide bonds. The molecule has 0 aliphatic heterocycles. The van der Waals surface area contributed by atoms with Gasteiger partial charge in [0.05, 0.1) is 11.4 Å². The van der Waals surface area contributed by atoms with Crippen LogP contribution in [0.5, 0.6) is 0 Å². The van der Waals surface area contributed by atoms with Crippen molar-refractivity contribution in [1.29, 1.82) is 0 Å². The van der Waals surface area contributed by atoms with E-state index in [2.05, 4.69) is 48.4 Å². The van der Waals surface area contributed by atoms with E-state index in [4.69, 9.17) is 0 Å². The minimum atomic E-state index is 0.176. The standard InChI is InChI=1S/C17H20N2OS/c1-13-11-14(2)19(18-13)17-9-6-8-16(12-17)7-4-5-10-21-15(3)20/h4,6-9,11-12H,5,10H2,1-3H3. The van der Waals surface area contributed by atoms with Crippen LogP contribution in [-0.4, -0.2) is 20.6 Å². The third kappa shape index (κ3) is 4.60. The molecular formula is C17H20N2OS. The minimum absolute atomic E-state index is 0.176. The van der Waals surface area contributed by atoms with Gasteiger partial charge in [-0.05, 0) is 44.0 Å². The SMILES string of the molecule is CC(=O)SCCC=Cc1cccc(-n2nc(C)cc2C)c1. The molecule has 1 heterocycles. The van der Waals surface area contributed by atoms with Crippen LogP contribution >= 0.6 is 11.8 Å². The lowest BCUT2D eigenvalue weighted by Crippen LogP contribution is -1.98. The molecule has 0 N–H and O–H groups in total. The Morgan fingerprint density at radius 3 is 2.81 bits per heavy atom. The number of aromatic nitrogens is 2. The van der Waals surface area contributed by atoms with Gasteiger partial charge in [-0.2, -0.15) is 5.10 Å². The Labute approximate surface area is 130 Å². The summed E-state index contributed by atoms with van der Waals surface area (Å²) in [7, 11) is 0. The van der Waals surface area contributed by atoms with E-state index in [0.29, 0.717) is 0 Å². The molecule has 0 aliphatic carbocycles. The van der Waals surface area contributed by atoms with Gasteiger partial charge in [0.15, 0.2) is 5.12 Å². The first-order valence-electron chi connectivity index (χ1n) is 7.00. The largest absolute Gasteiger partial charge is 0.288 e. The summed E-state index contributed by atoms with van der Waals surface area (Å²) in [6.45, 7) is 5.66. The second kappa shape index (κ2) is 7.27. The first-order chi connectivity index (χ1) is 10.1. The lowest BCUT2D eigenvalue weighted by molar-refractivity contribution is -0.109. The molecule has 21 heavy (non-hydrogen) atoms. The van der Waals surface area contributed by atoms with E-state index in [9.17, 15) is 4.79 Å². The van der Waals surface area contributed by atoms with Crippen LogP contribution in [0.3, 0.4) is 0 Å². The van der Waals surface area contributed by atoms with Gasteiger partial charge in [0.2, 0.25) is 0 Å². The molecular weight excluding hydrogens is 280 g/mol. The van der Waals surface area contributed by atoms with Crippen LogP contribution in [0.1, 0.15) is 30.3 Å². The van der Waals surface area contributed by atoms with Crippen LogP contribution in [0.25, 0.3) is 11.8 Å². The molecule has 3 nitrogen and oxygen atoms in total. The van der Waals surface area contributed by atoms with Gasteiger partial charge in [-0.15, -0.1) is 0 Å². The van der Waals surface area contributed by atoms with Gasteiger partial charge >= 0.3 is 0 Å². The Morgan fingerprint density at radius 2 is 2.14 bits per heavy atom. The Hall–Kier alpha value is -1.81. The zero-order valence-corrected chi connectivity index (χ0v) is 13.5. The number of carbonyl (C=O) groups excluding carboxylic acids is 1. The molecule has 0 saturated heterocycles. The number of benzene rings is 1. The van der Waals surface area contributed by atoms with Gasteiger partial charge < -0.3 is 0 Å². The van der Waals surface area contributed by atoms with Crippen LogP contribution in [-0.2, 0) is 4.79 Å². The third-order valence-electron chi connectivity index (χ3n) is 3.02. The number of carbonyl (C=O) groups is 1. The Kier molecular flexibility index (Phi) is 5.39. The van der Waals surface area contributed by atoms with Crippen molar-refractivity contribution >= 4 is 23.0 Å². The zero-order valence-electron chi connectivity index (χ0n) is 12.7. The summed E-state index contributed by atoms with van der Waals surface area (Å²) in [6, 6.07) is 10.4. The Bertz CT molecular complexity index is 659. The molecule has 4 heteroatoms. The van der Waals surface area contributed by atoms with Crippen molar-refractivity contribution in [2.45, 2.75) is 27.2 Å². The second-order valence-corrected chi connectivity index (χ2v) is 6.24. The minimum Gasteiger partial charge on any atom is -0.288 e. The van der Waals surface area contributed by atoms with Crippen LogP contribution in [0.15, 0.2) is 36.4 Å². The molecule has 1 aromatic carbocycles. The molecule has 0 fully saturated rings. The summed E-state index contributed by atoms with van der Waals surface area (Å²) in [4.78, 5) is 10.8. The molecule has 0 radical (unpaired) electrons. The molecule has 0 spiro atoms. The van der Waals surface area contributed by atoms with Crippen molar-refractivity contribution in [3.05, 3.63) is 53.4 Å². The summed E-state index contributed by atoms with van der Waals surface area (Å²) in [5.74, 6) is 0.836. The summed E-state index contributed by atoms with van der Waals surface area (Å²) < 4.78 is 1.96. The van der Waals surface area contributed by atoms with Crippen molar-refractivity contribution in [3.8, 4) is 5.69 Å². The van der Waals surface area contributed by atoms with Gasteiger partial charge in [-0.1, -0.05) is 36.0 Å². The topological polar surface area (TPSA) is 34.9 Å². The van der Waals surface area contributed by atoms with E-state index in [-0.39, 0.29) is 5.12 Å². The lowest BCUT2D eigenvalue weighted by Gasteiger charge is -2.05. The lowest BCUT2D eigenvalue weighted by atomic mass is 10.2. The van der Waals surface area contributed by atoms with Crippen molar-refractivity contribution < 1.29 is 4.79 Å². The fraction of sp³-hybridized carbons (Fsp3) is 0.294. The predicted molar refractivity (Wildman–Crippen MR) is 89.8 cm³/mol.